The van der Waals surface area contributed by atoms with E-state index in [0.717, 1.165) is 41.5 Å². The van der Waals surface area contributed by atoms with Crippen LogP contribution in [-0.4, -0.2) is 12.6 Å². The predicted molar refractivity (Wildman–Crippen MR) is 80.0 cm³/mol. The third kappa shape index (κ3) is 2.26. The van der Waals surface area contributed by atoms with Crippen LogP contribution in [0.2, 0.25) is 0 Å². The molecule has 1 nitrogen and oxygen atoms in total. The van der Waals surface area contributed by atoms with E-state index in [1.54, 1.807) is 38.5 Å². The molecule has 4 aliphatic rings. The standard InChI is InChI=1S/C18H31N/c1-2-19-17(18-15-5-3-4-6-16(15)18)11-14-10-12-7-8-13(14)9-12/h12-19H,2-11H2,1H3. The second kappa shape index (κ2) is 5.06. The van der Waals surface area contributed by atoms with Gasteiger partial charge in [-0.05, 0) is 80.6 Å². The van der Waals surface area contributed by atoms with Crippen molar-refractivity contribution in [2.24, 2.45) is 35.5 Å². The van der Waals surface area contributed by atoms with Gasteiger partial charge in [-0.2, -0.15) is 0 Å². The highest BCUT2D eigenvalue weighted by molar-refractivity contribution is 5.05. The molecule has 0 spiro atoms. The topological polar surface area (TPSA) is 12.0 Å². The Balaban J connectivity index is 1.38. The molecule has 1 N–H and O–H groups in total. The Morgan fingerprint density at radius 2 is 1.79 bits per heavy atom. The third-order valence-electron chi connectivity index (χ3n) is 7.09. The first-order chi connectivity index (χ1) is 9.36. The minimum atomic E-state index is 0.877. The molecule has 4 saturated carbocycles. The van der Waals surface area contributed by atoms with E-state index < -0.39 is 0 Å². The Hall–Kier alpha value is -0.0400. The van der Waals surface area contributed by atoms with Gasteiger partial charge in [-0.15, -0.1) is 0 Å². The van der Waals surface area contributed by atoms with Crippen LogP contribution in [0, 0.1) is 35.5 Å². The molecule has 19 heavy (non-hydrogen) atoms. The van der Waals surface area contributed by atoms with Gasteiger partial charge in [0.05, 0.1) is 0 Å². The molecule has 0 aromatic carbocycles. The molecule has 0 saturated heterocycles. The molecule has 0 aliphatic heterocycles. The number of hydrogen-bond donors (Lipinski definition) is 1. The SMILES string of the molecule is CCNC(CC1CC2CCC1C2)C1C2CCCCC21. The van der Waals surface area contributed by atoms with Crippen molar-refractivity contribution in [1.29, 1.82) is 0 Å². The van der Waals surface area contributed by atoms with Crippen molar-refractivity contribution >= 4 is 0 Å². The maximum atomic E-state index is 3.89. The highest BCUT2D eigenvalue weighted by Gasteiger charge is 2.54. The summed E-state index contributed by atoms with van der Waals surface area (Å²) in [4.78, 5) is 0. The molecule has 4 fully saturated rings. The van der Waals surface area contributed by atoms with E-state index in [-0.39, 0.29) is 0 Å². The van der Waals surface area contributed by atoms with Gasteiger partial charge in [0, 0.05) is 6.04 Å². The molecule has 2 bridgehead atoms. The van der Waals surface area contributed by atoms with Crippen LogP contribution in [0.25, 0.3) is 0 Å². The number of nitrogens with one attached hydrogen (secondary N) is 1. The van der Waals surface area contributed by atoms with E-state index in [2.05, 4.69) is 12.2 Å². The lowest BCUT2D eigenvalue weighted by Gasteiger charge is -2.28. The smallest absolute Gasteiger partial charge is 0.0103 e. The third-order valence-corrected chi connectivity index (χ3v) is 7.09. The molecular weight excluding hydrogens is 230 g/mol. The summed E-state index contributed by atoms with van der Waals surface area (Å²) in [6, 6.07) is 0.877. The first-order valence-electron chi connectivity index (χ1n) is 9.10. The van der Waals surface area contributed by atoms with Gasteiger partial charge in [-0.1, -0.05) is 26.2 Å². The minimum absolute atomic E-state index is 0.877. The van der Waals surface area contributed by atoms with E-state index in [4.69, 9.17) is 0 Å². The fraction of sp³-hybridized carbons (Fsp3) is 1.00. The van der Waals surface area contributed by atoms with Crippen LogP contribution in [0.4, 0.5) is 0 Å². The largest absolute Gasteiger partial charge is 0.314 e. The zero-order valence-electron chi connectivity index (χ0n) is 12.6. The summed E-state index contributed by atoms with van der Waals surface area (Å²) in [6.45, 7) is 3.49. The fourth-order valence-corrected chi connectivity index (χ4v) is 6.27. The summed E-state index contributed by atoms with van der Waals surface area (Å²) in [6.07, 6.45) is 13.9. The van der Waals surface area contributed by atoms with E-state index in [1.165, 1.54) is 25.8 Å². The van der Waals surface area contributed by atoms with E-state index in [0.29, 0.717) is 0 Å². The Morgan fingerprint density at radius 1 is 1.00 bits per heavy atom. The van der Waals surface area contributed by atoms with Crippen LogP contribution in [0.3, 0.4) is 0 Å². The van der Waals surface area contributed by atoms with Crippen LogP contribution in [0.15, 0.2) is 0 Å². The molecule has 6 atom stereocenters. The van der Waals surface area contributed by atoms with Gasteiger partial charge in [-0.25, -0.2) is 0 Å². The minimum Gasteiger partial charge on any atom is -0.314 e. The van der Waals surface area contributed by atoms with Crippen LogP contribution in [0.5, 0.6) is 0 Å². The van der Waals surface area contributed by atoms with E-state index >= 15 is 0 Å². The quantitative estimate of drug-likeness (QED) is 0.781. The lowest BCUT2D eigenvalue weighted by molar-refractivity contribution is 0.260. The molecule has 6 unspecified atom stereocenters. The zero-order valence-corrected chi connectivity index (χ0v) is 12.6. The highest BCUT2D eigenvalue weighted by atomic mass is 14.9. The summed E-state index contributed by atoms with van der Waals surface area (Å²) >= 11 is 0. The summed E-state index contributed by atoms with van der Waals surface area (Å²) in [5.41, 5.74) is 0. The number of rotatable bonds is 5. The van der Waals surface area contributed by atoms with Crippen molar-refractivity contribution in [3.63, 3.8) is 0 Å². The summed E-state index contributed by atoms with van der Waals surface area (Å²) in [5.74, 6) is 6.64. The normalized spacial score (nSPS) is 49.1. The van der Waals surface area contributed by atoms with Crippen molar-refractivity contribution < 1.29 is 0 Å². The predicted octanol–water partition coefficient (Wildman–Crippen LogP) is 4.23. The van der Waals surface area contributed by atoms with Gasteiger partial charge in [0.2, 0.25) is 0 Å². The van der Waals surface area contributed by atoms with Gasteiger partial charge in [-0.3, -0.25) is 0 Å². The maximum absolute atomic E-state index is 3.89. The summed E-state index contributed by atoms with van der Waals surface area (Å²) in [5, 5.41) is 3.89. The second-order valence-corrected chi connectivity index (χ2v) is 8.02. The second-order valence-electron chi connectivity index (χ2n) is 8.02. The van der Waals surface area contributed by atoms with Crippen LogP contribution < -0.4 is 5.32 Å². The van der Waals surface area contributed by atoms with Gasteiger partial charge in [0.15, 0.2) is 0 Å². The van der Waals surface area contributed by atoms with Crippen molar-refractivity contribution in [1.82, 2.24) is 5.32 Å². The summed E-state index contributed by atoms with van der Waals surface area (Å²) in [7, 11) is 0. The maximum Gasteiger partial charge on any atom is 0.0103 e. The Labute approximate surface area is 118 Å². The number of hydrogen-bond acceptors (Lipinski definition) is 1. The van der Waals surface area contributed by atoms with Gasteiger partial charge < -0.3 is 5.32 Å². The van der Waals surface area contributed by atoms with E-state index in [1.807, 2.05) is 0 Å². The van der Waals surface area contributed by atoms with Crippen molar-refractivity contribution in [3.05, 3.63) is 0 Å². The van der Waals surface area contributed by atoms with E-state index in [9.17, 15) is 0 Å². The first kappa shape index (κ1) is 12.7. The van der Waals surface area contributed by atoms with Crippen LogP contribution >= 0.6 is 0 Å². The molecule has 0 heterocycles. The van der Waals surface area contributed by atoms with Gasteiger partial charge in [0.1, 0.15) is 0 Å². The average Bonchev–Trinajstić information content (AvgIpc) is 2.77. The molecule has 4 aliphatic carbocycles. The fourth-order valence-electron chi connectivity index (χ4n) is 6.27. The average molecular weight is 261 g/mol. The lowest BCUT2D eigenvalue weighted by atomic mass is 9.83. The Morgan fingerprint density at radius 3 is 2.37 bits per heavy atom. The Kier molecular flexibility index (Phi) is 3.38. The monoisotopic (exact) mass is 261 g/mol. The number of fused-ring (bicyclic) bond motifs is 3. The molecule has 0 aromatic heterocycles. The summed E-state index contributed by atoms with van der Waals surface area (Å²) < 4.78 is 0. The molecular formula is C18H31N. The molecule has 1 heteroatoms. The van der Waals surface area contributed by atoms with Crippen molar-refractivity contribution in [3.8, 4) is 0 Å². The molecule has 4 rings (SSSR count). The first-order valence-corrected chi connectivity index (χ1v) is 9.10. The molecule has 0 radical (unpaired) electrons. The van der Waals surface area contributed by atoms with Crippen molar-refractivity contribution in [2.75, 3.05) is 6.54 Å². The van der Waals surface area contributed by atoms with Gasteiger partial charge >= 0.3 is 0 Å². The zero-order chi connectivity index (χ0) is 12.8. The van der Waals surface area contributed by atoms with Gasteiger partial charge in [0.25, 0.3) is 0 Å². The Bertz CT molecular complexity index is 314. The molecule has 108 valence electrons. The highest BCUT2D eigenvalue weighted by Crippen LogP contribution is 2.59. The van der Waals surface area contributed by atoms with Crippen LogP contribution in [0.1, 0.15) is 64.7 Å². The lowest BCUT2D eigenvalue weighted by Crippen LogP contribution is -2.35. The van der Waals surface area contributed by atoms with Crippen molar-refractivity contribution in [2.45, 2.75) is 70.8 Å². The molecule has 0 amide bonds. The molecule has 0 aromatic rings. The van der Waals surface area contributed by atoms with Crippen LogP contribution in [-0.2, 0) is 0 Å².